The fraction of sp³-hybridized carbons (Fsp3) is 0.769. The number of aryl methyl sites for hydroxylation is 2. The van der Waals surface area contributed by atoms with Gasteiger partial charge in [0, 0.05) is 0 Å². The maximum absolute atomic E-state index is 5.79. The van der Waals surface area contributed by atoms with Crippen molar-refractivity contribution in [3.63, 3.8) is 0 Å². The predicted molar refractivity (Wildman–Crippen MR) is 257 cm³/mol. The van der Waals surface area contributed by atoms with E-state index in [0.29, 0.717) is 159 Å². The summed E-state index contributed by atoms with van der Waals surface area (Å²) in [4.78, 5) is 0. The van der Waals surface area contributed by atoms with Crippen LogP contribution in [-0.4, -0.2) is 159 Å². The van der Waals surface area contributed by atoms with E-state index in [1.165, 1.54) is 88.2 Å². The first kappa shape index (κ1) is 58.7. The highest BCUT2D eigenvalue weighted by Crippen LogP contribution is 2.16. The van der Waals surface area contributed by atoms with Crippen molar-refractivity contribution < 1.29 is 61.6 Å². The van der Waals surface area contributed by atoms with Crippen LogP contribution in [0, 0.1) is 0 Å². The van der Waals surface area contributed by atoms with E-state index in [-0.39, 0.29) is 0 Å². The zero-order chi connectivity index (χ0) is 46.0. The van der Waals surface area contributed by atoms with E-state index in [4.69, 9.17) is 61.6 Å². The molecule has 0 heterocycles. The maximum Gasteiger partial charge on any atom is 0.119 e. The number of hydrogen-bond donors (Lipinski definition) is 0. The van der Waals surface area contributed by atoms with Gasteiger partial charge >= 0.3 is 0 Å². The van der Waals surface area contributed by atoms with Crippen molar-refractivity contribution in [2.75, 3.05) is 159 Å². The molecule has 0 radical (unpaired) electrons. The van der Waals surface area contributed by atoms with E-state index in [2.05, 4.69) is 62.4 Å². The van der Waals surface area contributed by atoms with Crippen molar-refractivity contribution in [1.29, 1.82) is 0 Å². The second-order valence-electron chi connectivity index (χ2n) is 15.8. The van der Waals surface area contributed by atoms with Crippen molar-refractivity contribution in [2.45, 2.75) is 104 Å². The van der Waals surface area contributed by atoms with E-state index < -0.39 is 0 Å². The quantitative estimate of drug-likeness (QED) is 0.0588. The normalized spacial score (nSPS) is 11.5. The molecule has 13 heteroatoms. The molecule has 2 rings (SSSR count). The van der Waals surface area contributed by atoms with Crippen LogP contribution < -0.4 is 9.47 Å². The summed E-state index contributed by atoms with van der Waals surface area (Å²) in [6.45, 7) is 16.9. The number of unbranched alkanes of at least 4 members (excludes halogenated alkanes) is 10. The average Bonchev–Trinajstić information content (AvgIpc) is 3.33. The molecule has 0 saturated heterocycles. The highest BCUT2D eigenvalue weighted by atomic mass is 16.6. The average molecular weight is 923 g/mol. The topological polar surface area (TPSA) is 120 Å². The van der Waals surface area contributed by atoms with Gasteiger partial charge in [-0.15, -0.1) is 0 Å². The summed E-state index contributed by atoms with van der Waals surface area (Å²) in [7, 11) is 0. The summed E-state index contributed by atoms with van der Waals surface area (Å²) in [6, 6.07) is 16.9. The van der Waals surface area contributed by atoms with Gasteiger partial charge in [0.05, 0.1) is 145 Å². The van der Waals surface area contributed by atoms with Crippen LogP contribution in [0.25, 0.3) is 0 Å². The molecular weight excluding hydrogens is 833 g/mol. The Hall–Kier alpha value is -2.40. The minimum absolute atomic E-state index is 0.507. The first-order valence-electron chi connectivity index (χ1n) is 25.1. The Bertz CT molecular complexity index is 1130. The zero-order valence-electron chi connectivity index (χ0n) is 40.8. The molecule has 0 aliphatic carbocycles. The molecule has 0 aliphatic heterocycles. The molecule has 0 spiro atoms. The van der Waals surface area contributed by atoms with Crippen LogP contribution in [0.2, 0.25) is 0 Å². The summed E-state index contributed by atoms with van der Waals surface area (Å²) in [6.07, 6.45) is 18.2. The zero-order valence-corrected chi connectivity index (χ0v) is 40.8. The lowest BCUT2D eigenvalue weighted by Crippen LogP contribution is -2.15. The van der Waals surface area contributed by atoms with Gasteiger partial charge < -0.3 is 61.6 Å². The molecule has 0 saturated carbocycles. The number of rotatable bonds is 52. The highest BCUT2D eigenvalue weighted by Gasteiger charge is 2.01. The molecule has 0 aromatic heterocycles. The molecule has 0 unspecified atom stereocenters. The Kier molecular flexibility index (Phi) is 43.4. The standard InChI is InChI=1S/C52H90O13/c1-3-5-7-9-11-13-15-49-17-21-51(22-18-49)64-47-45-62-43-41-60-39-37-58-35-33-56-31-29-54-27-25-53-26-28-55-30-32-57-34-36-59-38-40-61-42-44-63-46-48-65-52-23-19-50(20-24-52)16-14-12-10-8-6-4-2/h17-24H,3-16,25-48H2,1-2H3. The maximum atomic E-state index is 5.79. The summed E-state index contributed by atoms with van der Waals surface area (Å²) >= 11 is 0. The summed E-state index contributed by atoms with van der Waals surface area (Å²) in [5.41, 5.74) is 2.75. The van der Waals surface area contributed by atoms with Crippen LogP contribution in [0.1, 0.15) is 102 Å². The van der Waals surface area contributed by atoms with Gasteiger partial charge in [-0.1, -0.05) is 102 Å². The Morgan fingerprint density at radius 2 is 0.431 bits per heavy atom. The van der Waals surface area contributed by atoms with Crippen LogP contribution in [0.4, 0.5) is 0 Å². The van der Waals surface area contributed by atoms with Crippen LogP contribution in [0.15, 0.2) is 48.5 Å². The molecule has 0 amide bonds. The Balaban J connectivity index is 1.16. The largest absolute Gasteiger partial charge is 0.491 e. The molecular formula is C52H90O13. The fourth-order valence-electron chi connectivity index (χ4n) is 6.46. The monoisotopic (exact) mass is 923 g/mol. The second kappa shape index (κ2) is 48.1. The Morgan fingerprint density at radius 1 is 0.231 bits per heavy atom. The number of ether oxygens (including phenoxy) is 13. The number of benzene rings is 2. The molecule has 0 bridgehead atoms. The SMILES string of the molecule is CCCCCCCCc1ccc(OCCOCCOCCOCCOCCOCCOCCOCCOCCOCCOCCOCCOc2ccc(CCCCCCCC)cc2)cc1. The summed E-state index contributed by atoms with van der Waals surface area (Å²) < 4.78 is 72.7. The van der Waals surface area contributed by atoms with Gasteiger partial charge in [0.1, 0.15) is 24.7 Å². The van der Waals surface area contributed by atoms with Gasteiger partial charge in [0.15, 0.2) is 0 Å². The first-order valence-corrected chi connectivity index (χ1v) is 25.1. The third kappa shape index (κ3) is 40.4. The molecule has 0 atom stereocenters. The van der Waals surface area contributed by atoms with Crippen LogP contribution >= 0.6 is 0 Å². The molecule has 65 heavy (non-hydrogen) atoms. The summed E-state index contributed by atoms with van der Waals surface area (Å²) in [5, 5.41) is 0. The smallest absolute Gasteiger partial charge is 0.119 e. The molecule has 13 nitrogen and oxygen atoms in total. The van der Waals surface area contributed by atoms with Crippen molar-refractivity contribution in [3.8, 4) is 11.5 Å². The second-order valence-corrected chi connectivity index (χ2v) is 15.8. The van der Waals surface area contributed by atoms with Gasteiger partial charge in [-0.2, -0.15) is 0 Å². The molecule has 2 aromatic carbocycles. The Morgan fingerprint density at radius 3 is 0.662 bits per heavy atom. The fourth-order valence-corrected chi connectivity index (χ4v) is 6.46. The summed E-state index contributed by atoms with van der Waals surface area (Å²) in [5.74, 6) is 1.77. The van der Waals surface area contributed by atoms with Crippen LogP contribution in [0.3, 0.4) is 0 Å². The lowest BCUT2D eigenvalue weighted by molar-refractivity contribution is -0.0279. The molecule has 0 N–H and O–H groups in total. The predicted octanol–water partition coefficient (Wildman–Crippen LogP) is 9.13. The third-order valence-corrected chi connectivity index (χ3v) is 10.2. The van der Waals surface area contributed by atoms with Gasteiger partial charge in [-0.3, -0.25) is 0 Å². The minimum Gasteiger partial charge on any atom is -0.491 e. The van der Waals surface area contributed by atoms with E-state index >= 15 is 0 Å². The van der Waals surface area contributed by atoms with Gasteiger partial charge in [-0.25, -0.2) is 0 Å². The van der Waals surface area contributed by atoms with E-state index in [0.717, 1.165) is 24.3 Å². The van der Waals surface area contributed by atoms with Gasteiger partial charge in [0.25, 0.3) is 0 Å². The van der Waals surface area contributed by atoms with Crippen LogP contribution in [-0.2, 0) is 64.9 Å². The van der Waals surface area contributed by atoms with Gasteiger partial charge in [0.2, 0.25) is 0 Å². The first-order chi connectivity index (χ1) is 32.3. The van der Waals surface area contributed by atoms with Crippen molar-refractivity contribution >= 4 is 0 Å². The molecule has 0 fully saturated rings. The molecule has 2 aromatic rings. The Labute approximate surface area is 394 Å². The van der Waals surface area contributed by atoms with E-state index in [1.54, 1.807) is 0 Å². The lowest BCUT2D eigenvalue weighted by atomic mass is 10.0. The van der Waals surface area contributed by atoms with Crippen LogP contribution in [0.5, 0.6) is 11.5 Å². The van der Waals surface area contributed by atoms with E-state index in [1.807, 2.05) is 0 Å². The van der Waals surface area contributed by atoms with Gasteiger partial charge in [-0.05, 0) is 61.1 Å². The van der Waals surface area contributed by atoms with Crippen molar-refractivity contribution in [2.24, 2.45) is 0 Å². The van der Waals surface area contributed by atoms with Crippen molar-refractivity contribution in [1.82, 2.24) is 0 Å². The van der Waals surface area contributed by atoms with E-state index in [9.17, 15) is 0 Å². The molecule has 376 valence electrons. The highest BCUT2D eigenvalue weighted by molar-refractivity contribution is 5.28. The molecule has 0 aliphatic rings. The third-order valence-electron chi connectivity index (χ3n) is 10.2. The lowest BCUT2D eigenvalue weighted by Gasteiger charge is -2.09. The van der Waals surface area contributed by atoms with Crippen molar-refractivity contribution in [3.05, 3.63) is 59.7 Å². The minimum atomic E-state index is 0.507. The number of hydrogen-bond acceptors (Lipinski definition) is 13.